The predicted molar refractivity (Wildman–Crippen MR) is 122 cm³/mol. The minimum atomic E-state index is -0.184. The number of nitrogens with zero attached hydrogens (tertiary/aromatic N) is 3. The van der Waals surface area contributed by atoms with Crippen molar-refractivity contribution < 1.29 is 13.9 Å². The fraction of sp³-hybridized carbons (Fsp3) is 0.304. The summed E-state index contributed by atoms with van der Waals surface area (Å²) in [6.07, 6.45) is 0. The number of furan rings is 1. The summed E-state index contributed by atoms with van der Waals surface area (Å²) in [7, 11) is 1.63. The van der Waals surface area contributed by atoms with Gasteiger partial charge < -0.3 is 14.1 Å². The lowest BCUT2D eigenvalue weighted by atomic mass is 10.2. The first kappa shape index (κ1) is 20.4. The van der Waals surface area contributed by atoms with Gasteiger partial charge in [-0.15, -0.1) is 0 Å². The highest BCUT2D eigenvalue weighted by atomic mass is 32.1. The van der Waals surface area contributed by atoms with Crippen LogP contribution in [0.25, 0.3) is 21.2 Å². The Morgan fingerprint density at radius 2 is 1.90 bits per heavy atom. The van der Waals surface area contributed by atoms with Crippen LogP contribution in [0.5, 0.6) is 5.75 Å². The van der Waals surface area contributed by atoms with E-state index in [1.807, 2.05) is 42.5 Å². The van der Waals surface area contributed by atoms with Crippen LogP contribution < -0.4 is 9.64 Å². The second kappa shape index (κ2) is 8.85. The van der Waals surface area contributed by atoms with Crippen LogP contribution in [0, 0.1) is 0 Å². The van der Waals surface area contributed by atoms with Crippen molar-refractivity contribution >= 4 is 43.6 Å². The number of aromatic nitrogens is 1. The Morgan fingerprint density at radius 3 is 2.63 bits per heavy atom. The van der Waals surface area contributed by atoms with Gasteiger partial charge in [-0.25, -0.2) is 4.98 Å². The van der Waals surface area contributed by atoms with Gasteiger partial charge in [0.2, 0.25) is 0 Å². The molecule has 2 aromatic heterocycles. The van der Waals surface area contributed by atoms with Gasteiger partial charge in [0.1, 0.15) is 16.8 Å². The average molecular weight is 424 g/mol. The second-order valence-electron chi connectivity index (χ2n) is 6.94. The number of rotatable bonds is 8. The number of para-hydroxylation sites is 2. The first-order valence-corrected chi connectivity index (χ1v) is 10.9. The number of benzene rings is 2. The normalized spacial score (nSPS) is 11.5. The number of anilines is 1. The summed E-state index contributed by atoms with van der Waals surface area (Å²) in [5.41, 5.74) is 1.47. The third-order valence-corrected chi connectivity index (χ3v) is 6.28. The number of amides is 1. The number of thiazole rings is 1. The molecule has 2 heterocycles. The van der Waals surface area contributed by atoms with Gasteiger partial charge in [-0.05, 0) is 37.4 Å². The molecular formula is C23H25N3O3S. The molecule has 1 amide bonds. The molecule has 4 rings (SSSR count). The maximum absolute atomic E-state index is 13.5. The van der Waals surface area contributed by atoms with E-state index in [9.17, 15) is 4.79 Å². The minimum absolute atomic E-state index is 0.184. The van der Waals surface area contributed by atoms with Crippen LogP contribution in [0.3, 0.4) is 0 Å². The van der Waals surface area contributed by atoms with Crippen molar-refractivity contribution in [2.75, 3.05) is 38.2 Å². The summed E-state index contributed by atoms with van der Waals surface area (Å²) < 4.78 is 12.3. The molecule has 2 aromatic carbocycles. The molecule has 156 valence electrons. The molecule has 0 radical (unpaired) electrons. The number of methoxy groups -OCH3 is 1. The van der Waals surface area contributed by atoms with Crippen LogP contribution in [-0.2, 0) is 0 Å². The highest BCUT2D eigenvalue weighted by Gasteiger charge is 2.25. The molecule has 0 fully saturated rings. The Kier molecular flexibility index (Phi) is 6.01. The molecule has 0 saturated carbocycles. The smallest absolute Gasteiger partial charge is 0.295 e. The molecule has 0 aliphatic rings. The van der Waals surface area contributed by atoms with E-state index < -0.39 is 0 Å². The predicted octanol–water partition coefficient (Wildman–Crippen LogP) is 5.04. The summed E-state index contributed by atoms with van der Waals surface area (Å²) in [5, 5.41) is 1.56. The SMILES string of the molecule is CCN(CC)CCN(C(=O)c1cc2ccccc2o1)c1nc2c(OC)cccc2s1. The van der Waals surface area contributed by atoms with Crippen molar-refractivity contribution in [3.05, 3.63) is 54.3 Å². The van der Waals surface area contributed by atoms with Gasteiger partial charge in [0.05, 0.1) is 11.8 Å². The van der Waals surface area contributed by atoms with E-state index in [1.54, 1.807) is 18.1 Å². The fourth-order valence-corrected chi connectivity index (χ4v) is 4.48. The van der Waals surface area contributed by atoms with Crippen LogP contribution in [-0.4, -0.2) is 49.1 Å². The van der Waals surface area contributed by atoms with Crippen molar-refractivity contribution in [1.82, 2.24) is 9.88 Å². The molecule has 0 saturated heterocycles. The van der Waals surface area contributed by atoms with E-state index in [0.29, 0.717) is 28.8 Å². The summed E-state index contributed by atoms with van der Waals surface area (Å²) >= 11 is 1.49. The molecule has 7 heteroatoms. The summed E-state index contributed by atoms with van der Waals surface area (Å²) in [6.45, 7) is 7.38. The topological polar surface area (TPSA) is 58.8 Å². The second-order valence-corrected chi connectivity index (χ2v) is 7.94. The Morgan fingerprint density at radius 1 is 1.10 bits per heavy atom. The number of likely N-dealkylation sites (N-methyl/N-ethyl adjacent to an activating group) is 1. The van der Waals surface area contributed by atoms with Crippen molar-refractivity contribution in [3.8, 4) is 5.75 Å². The monoisotopic (exact) mass is 423 g/mol. The Balaban J connectivity index is 1.72. The van der Waals surface area contributed by atoms with Crippen LogP contribution in [0.4, 0.5) is 5.13 Å². The summed E-state index contributed by atoms with van der Waals surface area (Å²) in [5.74, 6) is 0.841. The molecule has 0 atom stereocenters. The van der Waals surface area contributed by atoms with Crippen LogP contribution >= 0.6 is 11.3 Å². The third kappa shape index (κ3) is 3.91. The number of fused-ring (bicyclic) bond motifs is 2. The van der Waals surface area contributed by atoms with E-state index in [1.165, 1.54) is 11.3 Å². The Bertz CT molecular complexity index is 1130. The first-order chi connectivity index (χ1) is 14.6. The fourth-order valence-electron chi connectivity index (χ4n) is 3.48. The van der Waals surface area contributed by atoms with E-state index in [4.69, 9.17) is 14.1 Å². The first-order valence-electron chi connectivity index (χ1n) is 10.1. The van der Waals surface area contributed by atoms with Crippen molar-refractivity contribution in [3.63, 3.8) is 0 Å². The van der Waals surface area contributed by atoms with Gasteiger partial charge in [-0.1, -0.05) is 49.4 Å². The number of carbonyl (C=O) groups is 1. The molecule has 0 N–H and O–H groups in total. The Hall–Kier alpha value is -2.90. The molecule has 4 aromatic rings. The van der Waals surface area contributed by atoms with Gasteiger partial charge in [0.25, 0.3) is 5.91 Å². The lowest BCUT2D eigenvalue weighted by Crippen LogP contribution is -2.38. The molecule has 30 heavy (non-hydrogen) atoms. The summed E-state index contributed by atoms with van der Waals surface area (Å²) in [4.78, 5) is 22.2. The van der Waals surface area contributed by atoms with E-state index in [-0.39, 0.29) is 5.91 Å². The Labute approximate surface area is 179 Å². The third-order valence-electron chi connectivity index (χ3n) is 5.24. The number of hydrogen-bond acceptors (Lipinski definition) is 6. The minimum Gasteiger partial charge on any atom is -0.494 e. The molecule has 0 unspecified atom stereocenters. The highest BCUT2D eigenvalue weighted by Crippen LogP contribution is 2.35. The molecular weight excluding hydrogens is 398 g/mol. The number of ether oxygens (including phenoxy) is 1. The van der Waals surface area contributed by atoms with Gasteiger partial charge in [-0.3, -0.25) is 9.69 Å². The molecule has 0 spiro atoms. The molecule has 0 aliphatic carbocycles. The zero-order chi connectivity index (χ0) is 21.1. The van der Waals surface area contributed by atoms with Crippen molar-refractivity contribution in [2.24, 2.45) is 0 Å². The van der Waals surface area contributed by atoms with Gasteiger partial charge in [-0.2, -0.15) is 0 Å². The van der Waals surface area contributed by atoms with E-state index in [2.05, 4.69) is 18.7 Å². The summed E-state index contributed by atoms with van der Waals surface area (Å²) in [6, 6.07) is 15.3. The van der Waals surface area contributed by atoms with Crippen molar-refractivity contribution in [2.45, 2.75) is 13.8 Å². The maximum Gasteiger partial charge on any atom is 0.295 e. The molecule has 0 aliphatic heterocycles. The van der Waals surface area contributed by atoms with Crippen LogP contribution in [0.1, 0.15) is 24.4 Å². The maximum atomic E-state index is 13.5. The van der Waals surface area contributed by atoms with Crippen LogP contribution in [0.15, 0.2) is 52.9 Å². The largest absolute Gasteiger partial charge is 0.494 e. The highest BCUT2D eigenvalue weighted by molar-refractivity contribution is 7.22. The molecule has 0 bridgehead atoms. The zero-order valence-corrected chi connectivity index (χ0v) is 18.2. The van der Waals surface area contributed by atoms with E-state index in [0.717, 1.165) is 35.2 Å². The standard InChI is InChI=1S/C23H25N3O3S/c1-4-25(5-2)13-14-26(22(27)19-15-16-9-6-7-10-17(16)29-19)23-24-21-18(28-3)11-8-12-20(21)30-23/h6-12,15H,4-5,13-14H2,1-3H3. The van der Waals surface area contributed by atoms with Gasteiger partial charge >= 0.3 is 0 Å². The molecule has 6 nitrogen and oxygen atoms in total. The lowest BCUT2D eigenvalue weighted by molar-refractivity contribution is 0.0959. The zero-order valence-electron chi connectivity index (χ0n) is 17.4. The number of hydrogen-bond donors (Lipinski definition) is 0. The van der Waals surface area contributed by atoms with E-state index >= 15 is 0 Å². The van der Waals surface area contributed by atoms with Gasteiger partial charge in [0.15, 0.2) is 10.9 Å². The lowest BCUT2D eigenvalue weighted by Gasteiger charge is -2.24. The quantitative estimate of drug-likeness (QED) is 0.397. The average Bonchev–Trinajstić information content (AvgIpc) is 3.40. The number of carbonyl (C=O) groups excluding carboxylic acids is 1. The van der Waals surface area contributed by atoms with Crippen molar-refractivity contribution in [1.29, 1.82) is 0 Å². The van der Waals surface area contributed by atoms with Gasteiger partial charge in [0, 0.05) is 18.5 Å². The van der Waals surface area contributed by atoms with Crippen LogP contribution in [0.2, 0.25) is 0 Å².